The number of amides is 2. The number of halogens is 1. The summed E-state index contributed by atoms with van der Waals surface area (Å²) in [6.45, 7) is 5.90. The minimum absolute atomic E-state index is 0.00763. The van der Waals surface area contributed by atoms with Crippen molar-refractivity contribution in [2.75, 3.05) is 5.32 Å². The maximum absolute atomic E-state index is 14.4. The molecule has 0 saturated heterocycles. The van der Waals surface area contributed by atoms with Gasteiger partial charge in [-0.05, 0) is 43.5 Å². The minimum atomic E-state index is -0.633. The predicted molar refractivity (Wildman–Crippen MR) is 99.8 cm³/mol. The molecule has 1 aliphatic rings. The van der Waals surface area contributed by atoms with Gasteiger partial charge in [0.05, 0.1) is 5.56 Å². The molecule has 0 fully saturated rings. The van der Waals surface area contributed by atoms with Crippen LogP contribution in [0.3, 0.4) is 0 Å². The van der Waals surface area contributed by atoms with Gasteiger partial charge in [0.15, 0.2) is 0 Å². The van der Waals surface area contributed by atoms with E-state index in [1.807, 2.05) is 51.1 Å². The van der Waals surface area contributed by atoms with Crippen LogP contribution in [-0.2, 0) is 11.2 Å². The second-order valence-corrected chi connectivity index (χ2v) is 7.35. The van der Waals surface area contributed by atoms with Gasteiger partial charge in [0.1, 0.15) is 5.82 Å². The molecule has 0 saturated carbocycles. The van der Waals surface area contributed by atoms with Gasteiger partial charge in [-0.3, -0.25) is 9.59 Å². The fourth-order valence-corrected chi connectivity index (χ4v) is 3.20. The molecular weight excluding hydrogens is 331 g/mol. The van der Waals surface area contributed by atoms with E-state index in [0.717, 1.165) is 11.1 Å². The number of nitrogens with one attached hydrogen (secondary N) is 2. The highest BCUT2D eigenvalue weighted by Crippen LogP contribution is 2.29. The van der Waals surface area contributed by atoms with Crippen molar-refractivity contribution in [3.8, 4) is 0 Å². The third kappa shape index (κ3) is 3.62. The van der Waals surface area contributed by atoms with Crippen molar-refractivity contribution >= 4 is 17.5 Å². The number of carbonyl (C=O) groups excluding carboxylic acids is 2. The summed E-state index contributed by atoms with van der Waals surface area (Å²) in [5.74, 6) is -1.17. The molecular formula is C21H23FN2O2. The van der Waals surface area contributed by atoms with E-state index in [1.54, 1.807) is 6.07 Å². The van der Waals surface area contributed by atoms with E-state index >= 15 is 0 Å². The molecule has 0 radical (unpaired) electrons. The van der Waals surface area contributed by atoms with Gasteiger partial charge >= 0.3 is 0 Å². The van der Waals surface area contributed by atoms with Crippen molar-refractivity contribution < 1.29 is 14.0 Å². The molecule has 5 heteroatoms. The van der Waals surface area contributed by atoms with Crippen LogP contribution in [0.1, 0.15) is 54.6 Å². The van der Waals surface area contributed by atoms with E-state index in [9.17, 15) is 14.0 Å². The molecule has 0 aliphatic carbocycles. The summed E-state index contributed by atoms with van der Waals surface area (Å²) in [5, 5.41) is 5.61. The number of anilines is 1. The van der Waals surface area contributed by atoms with E-state index in [-0.39, 0.29) is 17.4 Å². The van der Waals surface area contributed by atoms with Crippen LogP contribution in [0.5, 0.6) is 0 Å². The molecule has 2 amide bonds. The molecule has 1 unspecified atom stereocenters. The second-order valence-electron chi connectivity index (χ2n) is 7.35. The van der Waals surface area contributed by atoms with Crippen molar-refractivity contribution in [2.45, 2.75) is 45.1 Å². The molecule has 26 heavy (non-hydrogen) atoms. The van der Waals surface area contributed by atoms with Gasteiger partial charge in [-0.2, -0.15) is 0 Å². The summed E-state index contributed by atoms with van der Waals surface area (Å²) in [6.07, 6.45) is 0.849. The first kappa shape index (κ1) is 18.1. The van der Waals surface area contributed by atoms with E-state index < -0.39 is 17.3 Å². The van der Waals surface area contributed by atoms with Crippen molar-refractivity contribution in [3.63, 3.8) is 0 Å². The van der Waals surface area contributed by atoms with Crippen LogP contribution >= 0.6 is 0 Å². The Morgan fingerprint density at radius 3 is 2.58 bits per heavy atom. The smallest absolute Gasteiger partial charge is 0.254 e. The van der Waals surface area contributed by atoms with Crippen molar-refractivity contribution in [3.05, 3.63) is 65.0 Å². The first-order valence-corrected chi connectivity index (χ1v) is 8.77. The number of hydrogen-bond donors (Lipinski definition) is 2. The molecule has 1 aliphatic heterocycles. The summed E-state index contributed by atoms with van der Waals surface area (Å²) in [5.41, 5.74) is 1.78. The quantitative estimate of drug-likeness (QED) is 0.871. The van der Waals surface area contributed by atoms with Crippen LogP contribution < -0.4 is 10.6 Å². The lowest BCUT2D eigenvalue weighted by Gasteiger charge is -2.33. The maximum Gasteiger partial charge on any atom is 0.254 e. The van der Waals surface area contributed by atoms with Gasteiger partial charge in [0, 0.05) is 23.6 Å². The van der Waals surface area contributed by atoms with Gasteiger partial charge < -0.3 is 10.6 Å². The van der Waals surface area contributed by atoms with Crippen molar-refractivity contribution in [2.24, 2.45) is 0 Å². The fraction of sp³-hybridized carbons (Fsp3) is 0.333. The van der Waals surface area contributed by atoms with Crippen LogP contribution in [0.4, 0.5) is 10.1 Å². The molecule has 0 spiro atoms. The molecule has 136 valence electrons. The summed E-state index contributed by atoms with van der Waals surface area (Å²) in [7, 11) is 0. The Morgan fingerprint density at radius 1 is 1.19 bits per heavy atom. The maximum atomic E-state index is 14.4. The lowest BCUT2D eigenvalue weighted by atomic mass is 9.83. The van der Waals surface area contributed by atoms with Crippen molar-refractivity contribution in [1.82, 2.24) is 5.32 Å². The summed E-state index contributed by atoms with van der Waals surface area (Å²) >= 11 is 0. The molecule has 2 N–H and O–H groups in total. The minimum Gasteiger partial charge on any atom is -0.346 e. The van der Waals surface area contributed by atoms with Crippen LogP contribution in [0.25, 0.3) is 0 Å². The Bertz CT molecular complexity index is 847. The second kappa shape index (κ2) is 6.90. The average molecular weight is 354 g/mol. The zero-order valence-corrected chi connectivity index (χ0v) is 15.2. The molecule has 0 bridgehead atoms. The molecule has 2 aromatic carbocycles. The number of carbonyl (C=O) groups is 2. The largest absolute Gasteiger partial charge is 0.346 e. The molecule has 1 heterocycles. The van der Waals surface area contributed by atoms with E-state index in [4.69, 9.17) is 0 Å². The molecule has 2 aromatic rings. The Balaban J connectivity index is 1.82. The number of hydrogen-bond acceptors (Lipinski definition) is 2. The molecule has 3 rings (SSSR count). The summed E-state index contributed by atoms with van der Waals surface area (Å²) in [6, 6.07) is 12.7. The number of rotatable bonds is 4. The highest BCUT2D eigenvalue weighted by atomic mass is 19.1. The zero-order chi connectivity index (χ0) is 18.9. The normalized spacial score (nSPS) is 15.0. The first-order valence-electron chi connectivity index (χ1n) is 8.77. The Hall–Kier alpha value is -2.69. The standard InChI is InChI=1S/C21H23FN2O2/c1-13(14-7-5-4-6-8-14)21(2,3)24-20(26)16-11-15-9-10-19(25)23-18(15)12-17(16)22/h4-8,11-13H,9-10H2,1-3H3,(H,23,25)(H,24,26). The monoisotopic (exact) mass is 354 g/mol. The topological polar surface area (TPSA) is 58.2 Å². The number of aryl methyl sites for hydroxylation is 1. The van der Waals surface area contributed by atoms with Gasteiger partial charge in [0.25, 0.3) is 5.91 Å². The lowest BCUT2D eigenvalue weighted by molar-refractivity contribution is -0.116. The predicted octanol–water partition coefficient (Wildman–Crippen LogP) is 4.02. The van der Waals surface area contributed by atoms with Crippen LogP contribution in [0, 0.1) is 5.82 Å². The zero-order valence-electron chi connectivity index (χ0n) is 15.2. The van der Waals surface area contributed by atoms with Gasteiger partial charge in [0.2, 0.25) is 5.91 Å². The molecule has 1 atom stereocenters. The van der Waals surface area contributed by atoms with E-state index in [2.05, 4.69) is 10.6 Å². The fourth-order valence-electron chi connectivity index (χ4n) is 3.20. The van der Waals surface area contributed by atoms with Crippen molar-refractivity contribution in [1.29, 1.82) is 0 Å². The van der Waals surface area contributed by atoms with Crippen LogP contribution in [0.2, 0.25) is 0 Å². The number of fused-ring (bicyclic) bond motifs is 1. The number of benzene rings is 2. The third-order valence-electron chi connectivity index (χ3n) is 5.15. The van der Waals surface area contributed by atoms with Crippen LogP contribution in [-0.4, -0.2) is 17.4 Å². The summed E-state index contributed by atoms with van der Waals surface area (Å²) < 4.78 is 14.4. The van der Waals surface area contributed by atoms with Gasteiger partial charge in [-0.25, -0.2) is 4.39 Å². The first-order chi connectivity index (χ1) is 12.3. The Morgan fingerprint density at radius 2 is 1.88 bits per heavy atom. The van der Waals surface area contributed by atoms with Gasteiger partial charge in [-0.1, -0.05) is 37.3 Å². The summed E-state index contributed by atoms with van der Waals surface area (Å²) in [4.78, 5) is 24.2. The third-order valence-corrected chi connectivity index (χ3v) is 5.15. The lowest BCUT2D eigenvalue weighted by Crippen LogP contribution is -2.47. The van der Waals surface area contributed by atoms with Gasteiger partial charge in [-0.15, -0.1) is 0 Å². The van der Waals surface area contributed by atoms with E-state index in [1.165, 1.54) is 6.07 Å². The highest BCUT2D eigenvalue weighted by molar-refractivity contribution is 5.98. The molecule has 0 aromatic heterocycles. The highest BCUT2D eigenvalue weighted by Gasteiger charge is 2.30. The van der Waals surface area contributed by atoms with Crippen LogP contribution in [0.15, 0.2) is 42.5 Å². The Kier molecular flexibility index (Phi) is 4.81. The SMILES string of the molecule is CC(c1ccccc1)C(C)(C)NC(=O)c1cc2c(cc1F)NC(=O)CC2. The average Bonchev–Trinajstić information content (AvgIpc) is 2.60. The molecule has 4 nitrogen and oxygen atoms in total. The Labute approximate surface area is 152 Å². The van der Waals surface area contributed by atoms with E-state index in [0.29, 0.717) is 18.5 Å².